The highest BCUT2D eigenvalue weighted by Crippen LogP contribution is 2.33. The van der Waals surface area contributed by atoms with Gasteiger partial charge in [0.1, 0.15) is 0 Å². The van der Waals surface area contributed by atoms with Gasteiger partial charge in [-0.1, -0.05) is 37.4 Å². The topological polar surface area (TPSA) is 37.4 Å². The Labute approximate surface area is 106 Å². The maximum atomic E-state index is 11.9. The number of fused-ring (bicyclic) bond motifs is 1. The molecule has 4 heteroatoms. The Kier molecular flexibility index (Phi) is 3.67. The van der Waals surface area contributed by atoms with Crippen LogP contribution in [0.4, 0.5) is 0 Å². The minimum Gasteiger partial charge on any atom is -0.328 e. The van der Waals surface area contributed by atoms with E-state index >= 15 is 0 Å². The molecule has 0 aromatic heterocycles. The molecule has 0 aromatic rings. The quantitative estimate of drug-likeness (QED) is 0.570. The molecule has 0 bridgehead atoms. The van der Waals surface area contributed by atoms with Gasteiger partial charge in [-0.3, -0.25) is 9.59 Å². The van der Waals surface area contributed by atoms with Crippen LogP contribution in [0.15, 0.2) is 22.8 Å². The van der Waals surface area contributed by atoms with Crippen molar-refractivity contribution in [2.24, 2.45) is 0 Å². The first-order valence-corrected chi connectivity index (χ1v) is 6.46. The molecule has 1 saturated heterocycles. The van der Waals surface area contributed by atoms with E-state index in [2.05, 4.69) is 6.92 Å². The summed E-state index contributed by atoms with van der Waals surface area (Å²) in [4.78, 5) is 25.4. The smallest absolute Gasteiger partial charge is 0.295 e. The molecule has 1 heterocycles. The van der Waals surface area contributed by atoms with Crippen molar-refractivity contribution in [2.75, 3.05) is 6.54 Å². The van der Waals surface area contributed by atoms with Crippen LogP contribution >= 0.6 is 11.6 Å². The Hall–Kier alpha value is -1.09. The zero-order valence-corrected chi connectivity index (χ0v) is 10.7. The van der Waals surface area contributed by atoms with Crippen molar-refractivity contribution in [1.29, 1.82) is 0 Å². The fraction of sp³-hybridized carbons (Fsp3) is 0.538. The standard InChI is InChI=1S/C13H16ClNO2/c1-2-3-4-8-15-10-7-5-6-9(14)11(10)12(16)13(15)17/h5-6,10H,2-4,7-8H2,1H3. The van der Waals surface area contributed by atoms with Crippen molar-refractivity contribution in [3.05, 3.63) is 22.8 Å². The maximum absolute atomic E-state index is 11.9. The van der Waals surface area contributed by atoms with Gasteiger partial charge in [-0.05, 0) is 18.9 Å². The summed E-state index contributed by atoms with van der Waals surface area (Å²) in [5.74, 6) is -0.802. The molecule has 0 radical (unpaired) electrons. The normalized spacial score (nSPS) is 23.6. The highest BCUT2D eigenvalue weighted by molar-refractivity contribution is 6.48. The van der Waals surface area contributed by atoms with Crippen LogP contribution in [-0.2, 0) is 9.59 Å². The van der Waals surface area contributed by atoms with Crippen molar-refractivity contribution in [2.45, 2.75) is 38.6 Å². The van der Waals surface area contributed by atoms with Crippen LogP contribution < -0.4 is 0 Å². The molecule has 2 aliphatic rings. The van der Waals surface area contributed by atoms with Crippen LogP contribution in [0, 0.1) is 0 Å². The number of Topliss-reactive ketones (excluding diaryl/α,β-unsaturated/α-hetero) is 1. The minimum absolute atomic E-state index is 0.121. The monoisotopic (exact) mass is 253 g/mol. The fourth-order valence-electron chi connectivity index (χ4n) is 2.39. The number of halogens is 1. The Morgan fingerprint density at radius 1 is 1.41 bits per heavy atom. The molecule has 0 spiro atoms. The van der Waals surface area contributed by atoms with Gasteiger partial charge in [0.15, 0.2) is 0 Å². The summed E-state index contributed by atoms with van der Waals surface area (Å²) in [5.41, 5.74) is 0.496. The van der Waals surface area contributed by atoms with Gasteiger partial charge in [0.05, 0.1) is 6.04 Å². The number of hydrogen-bond donors (Lipinski definition) is 0. The van der Waals surface area contributed by atoms with E-state index < -0.39 is 5.78 Å². The van der Waals surface area contributed by atoms with Crippen LogP contribution in [0.3, 0.4) is 0 Å². The summed E-state index contributed by atoms with van der Waals surface area (Å²) < 4.78 is 0. The predicted molar refractivity (Wildman–Crippen MR) is 66.7 cm³/mol. The summed E-state index contributed by atoms with van der Waals surface area (Å²) in [6.45, 7) is 2.77. The Balaban J connectivity index is 2.17. The third kappa shape index (κ3) is 2.16. The number of rotatable bonds is 4. The Bertz CT molecular complexity index is 412. The van der Waals surface area contributed by atoms with Crippen LogP contribution in [0.2, 0.25) is 0 Å². The lowest BCUT2D eigenvalue weighted by molar-refractivity contribution is -0.139. The SMILES string of the molecule is CCCCCN1C(=O)C(=O)C2=C(Cl)C=CCC21. The van der Waals surface area contributed by atoms with E-state index in [1.54, 1.807) is 11.0 Å². The van der Waals surface area contributed by atoms with Gasteiger partial charge >= 0.3 is 0 Å². The lowest BCUT2D eigenvalue weighted by Gasteiger charge is -2.25. The molecule has 0 N–H and O–H groups in total. The average Bonchev–Trinajstić information content (AvgIpc) is 2.55. The number of hydrogen-bond acceptors (Lipinski definition) is 2. The lowest BCUT2D eigenvalue weighted by atomic mass is 9.99. The lowest BCUT2D eigenvalue weighted by Crippen LogP contribution is -2.35. The molecule has 3 nitrogen and oxygen atoms in total. The van der Waals surface area contributed by atoms with Crippen molar-refractivity contribution in [1.82, 2.24) is 4.90 Å². The Morgan fingerprint density at radius 3 is 2.88 bits per heavy atom. The van der Waals surface area contributed by atoms with E-state index in [4.69, 9.17) is 11.6 Å². The first-order chi connectivity index (χ1) is 8.16. The molecule has 1 atom stereocenters. The van der Waals surface area contributed by atoms with Crippen LogP contribution in [0.5, 0.6) is 0 Å². The number of carbonyl (C=O) groups is 2. The highest BCUT2D eigenvalue weighted by atomic mass is 35.5. The predicted octanol–water partition coefficient (Wildman–Crippen LogP) is 2.41. The zero-order valence-electron chi connectivity index (χ0n) is 9.91. The first-order valence-electron chi connectivity index (χ1n) is 6.08. The number of carbonyl (C=O) groups excluding carboxylic acids is 2. The third-order valence-corrected chi connectivity index (χ3v) is 3.62. The summed E-state index contributed by atoms with van der Waals surface area (Å²) in [6.07, 6.45) is 7.47. The van der Waals surface area contributed by atoms with Gasteiger partial charge in [0.2, 0.25) is 5.78 Å². The summed E-state index contributed by atoms with van der Waals surface area (Å²) >= 11 is 6.00. The van der Waals surface area contributed by atoms with Crippen molar-refractivity contribution >= 4 is 23.3 Å². The van der Waals surface area contributed by atoms with Crippen LogP contribution in [-0.4, -0.2) is 29.2 Å². The Morgan fingerprint density at radius 2 is 2.18 bits per heavy atom. The van der Waals surface area contributed by atoms with E-state index in [1.165, 1.54) is 0 Å². The second kappa shape index (κ2) is 5.05. The van der Waals surface area contributed by atoms with Gasteiger partial charge in [0.25, 0.3) is 5.91 Å². The van der Waals surface area contributed by atoms with E-state index in [-0.39, 0.29) is 11.9 Å². The van der Waals surface area contributed by atoms with E-state index in [0.29, 0.717) is 23.6 Å². The van der Waals surface area contributed by atoms with Gasteiger partial charge in [-0.25, -0.2) is 0 Å². The van der Waals surface area contributed by atoms with Gasteiger partial charge in [-0.2, -0.15) is 0 Å². The van der Waals surface area contributed by atoms with Crippen LogP contribution in [0.25, 0.3) is 0 Å². The molecule has 0 aromatic carbocycles. The molecule has 2 rings (SSSR count). The van der Waals surface area contributed by atoms with Gasteiger partial charge in [0, 0.05) is 17.2 Å². The van der Waals surface area contributed by atoms with E-state index in [0.717, 1.165) is 19.3 Å². The van der Waals surface area contributed by atoms with Gasteiger partial charge in [-0.15, -0.1) is 0 Å². The number of ketones is 1. The second-order valence-corrected chi connectivity index (χ2v) is 4.86. The summed E-state index contributed by atoms with van der Waals surface area (Å²) in [6, 6.07) is -0.121. The maximum Gasteiger partial charge on any atom is 0.295 e. The number of allylic oxidation sites excluding steroid dienone is 2. The van der Waals surface area contributed by atoms with E-state index in [9.17, 15) is 9.59 Å². The van der Waals surface area contributed by atoms with Crippen LogP contribution in [0.1, 0.15) is 32.6 Å². The number of likely N-dealkylation sites (tertiary alicyclic amines) is 1. The number of unbranched alkanes of at least 4 members (excludes halogenated alkanes) is 2. The molecule has 1 amide bonds. The van der Waals surface area contributed by atoms with Crippen molar-refractivity contribution < 1.29 is 9.59 Å². The molecule has 1 fully saturated rings. The molecule has 1 aliphatic carbocycles. The number of nitrogens with zero attached hydrogens (tertiary/aromatic N) is 1. The van der Waals surface area contributed by atoms with E-state index in [1.807, 2.05) is 6.08 Å². The molecule has 0 saturated carbocycles. The summed E-state index contributed by atoms with van der Waals surface area (Å²) in [7, 11) is 0. The largest absolute Gasteiger partial charge is 0.328 e. The molecule has 92 valence electrons. The van der Waals surface area contributed by atoms with Crippen molar-refractivity contribution in [3.63, 3.8) is 0 Å². The van der Waals surface area contributed by atoms with Crippen molar-refractivity contribution in [3.8, 4) is 0 Å². The fourth-order valence-corrected chi connectivity index (χ4v) is 2.69. The second-order valence-electron chi connectivity index (χ2n) is 4.45. The molecule has 1 unspecified atom stereocenters. The highest BCUT2D eigenvalue weighted by Gasteiger charge is 2.44. The molecule has 1 aliphatic heterocycles. The third-order valence-electron chi connectivity index (χ3n) is 3.29. The molecule has 17 heavy (non-hydrogen) atoms. The molecular weight excluding hydrogens is 238 g/mol. The summed E-state index contributed by atoms with van der Waals surface area (Å²) in [5, 5.41) is 0.428. The minimum atomic E-state index is -0.416. The zero-order chi connectivity index (χ0) is 12.4. The first kappa shape index (κ1) is 12.4. The number of amides is 1. The van der Waals surface area contributed by atoms with Gasteiger partial charge < -0.3 is 4.90 Å². The molecular formula is C13H16ClNO2. The average molecular weight is 254 g/mol.